The first-order valence-electron chi connectivity index (χ1n) is 8.25. The molecule has 0 spiro atoms. The summed E-state index contributed by atoms with van der Waals surface area (Å²) in [5.41, 5.74) is 0.847. The molecule has 0 bridgehead atoms. The van der Waals surface area contributed by atoms with Crippen molar-refractivity contribution in [2.24, 2.45) is 5.92 Å². The summed E-state index contributed by atoms with van der Waals surface area (Å²) < 4.78 is 42.2. The van der Waals surface area contributed by atoms with E-state index in [9.17, 15) is 22.8 Å². The van der Waals surface area contributed by atoms with Gasteiger partial charge in [-0.1, -0.05) is 12.1 Å². The number of alkyl halides is 3. The summed E-state index contributed by atoms with van der Waals surface area (Å²) >= 11 is 0. The maximum Gasteiger partial charge on any atom is 0.471 e. The highest BCUT2D eigenvalue weighted by Gasteiger charge is 2.43. The Labute approximate surface area is 149 Å². The average molecular weight is 370 g/mol. The van der Waals surface area contributed by atoms with Crippen LogP contribution in [0.4, 0.5) is 13.2 Å². The van der Waals surface area contributed by atoms with Crippen LogP contribution in [0.5, 0.6) is 5.75 Å². The van der Waals surface area contributed by atoms with E-state index in [0.29, 0.717) is 19.4 Å². The maximum absolute atomic E-state index is 12.4. The van der Waals surface area contributed by atoms with E-state index in [2.05, 4.69) is 5.32 Å². The van der Waals surface area contributed by atoms with Crippen LogP contribution in [0, 0.1) is 5.92 Å². The molecule has 1 heterocycles. The number of methoxy groups -OCH3 is 1. The molecule has 0 aliphatic carbocycles. The maximum atomic E-state index is 12.4. The Balaban J connectivity index is 1.73. The van der Waals surface area contributed by atoms with Crippen LogP contribution in [0.1, 0.15) is 18.4 Å². The van der Waals surface area contributed by atoms with Gasteiger partial charge in [-0.15, -0.1) is 0 Å². The van der Waals surface area contributed by atoms with Crippen LogP contribution >= 0.6 is 0 Å². The lowest BCUT2D eigenvalue weighted by Gasteiger charge is -2.32. The number of nitrogens with zero attached hydrogens (tertiary/aromatic N) is 1. The Morgan fingerprint density at radius 3 is 2.38 bits per heavy atom. The van der Waals surface area contributed by atoms with E-state index in [1.54, 1.807) is 25.3 Å². The molecule has 0 aromatic heterocycles. The molecule has 26 heavy (non-hydrogen) atoms. The molecule has 1 aromatic rings. The molecule has 1 aliphatic rings. The number of rotatable bonds is 5. The first-order valence-corrected chi connectivity index (χ1v) is 8.25. The summed E-state index contributed by atoms with van der Waals surface area (Å²) in [6, 6.07) is 7.20. The number of hydrogen-bond donors (Lipinski definition) is 1. The number of benzene rings is 1. The number of carbonyl (C=O) groups is 2. The largest absolute Gasteiger partial charge is 0.497 e. The molecule has 1 saturated heterocycles. The lowest BCUT2D eigenvalue weighted by atomic mass is 9.96. The van der Waals surface area contributed by atoms with Gasteiger partial charge in [0.15, 0.2) is 0 Å². The zero-order valence-corrected chi connectivity index (χ0v) is 14.4. The summed E-state index contributed by atoms with van der Waals surface area (Å²) in [6.45, 7) is 0.487. The van der Waals surface area contributed by atoms with Crippen molar-refractivity contribution < 1.29 is 27.5 Å². The van der Waals surface area contributed by atoms with E-state index in [4.69, 9.17) is 4.74 Å². The predicted molar refractivity (Wildman–Crippen MR) is 90.4 cm³/mol. The van der Waals surface area contributed by atoms with Crippen molar-refractivity contribution in [1.29, 1.82) is 0 Å². The van der Waals surface area contributed by atoms with Gasteiger partial charge in [-0.05, 0) is 42.5 Å². The average Bonchev–Trinajstić information content (AvgIpc) is 2.64. The standard InChI is InChI=1S/C18H21F3N2O3/c1-26-15-5-2-13(3-6-15)4-7-16(24)22-12-14-8-10-23(11-9-14)17(25)18(19,20)21/h2-7,14H,8-12H2,1H3,(H,22,24)/b7-4+. The number of halogens is 3. The topological polar surface area (TPSA) is 58.6 Å². The molecule has 0 atom stereocenters. The van der Waals surface area contributed by atoms with E-state index in [-0.39, 0.29) is 24.9 Å². The highest BCUT2D eigenvalue weighted by Crippen LogP contribution is 2.23. The van der Waals surface area contributed by atoms with Crippen LogP contribution in [0.3, 0.4) is 0 Å². The number of likely N-dealkylation sites (tertiary alicyclic amines) is 1. The SMILES string of the molecule is COc1ccc(/C=C/C(=O)NCC2CCN(C(=O)C(F)(F)F)CC2)cc1. The molecular weight excluding hydrogens is 349 g/mol. The van der Waals surface area contributed by atoms with Crippen molar-refractivity contribution in [2.45, 2.75) is 19.0 Å². The predicted octanol–water partition coefficient (Wildman–Crippen LogP) is 2.63. The summed E-state index contributed by atoms with van der Waals surface area (Å²) in [6.07, 6.45) is -0.884. The highest BCUT2D eigenvalue weighted by atomic mass is 19.4. The number of ether oxygens (including phenoxy) is 1. The molecule has 1 N–H and O–H groups in total. The Bertz CT molecular complexity index is 649. The summed E-state index contributed by atoms with van der Waals surface area (Å²) in [7, 11) is 1.57. The van der Waals surface area contributed by atoms with Gasteiger partial charge in [0.25, 0.3) is 0 Å². The lowest BCUT2D eigenvalue weighted by molar-refractivity contribution is -0.186. The molecule has 1 aromatic carbocycles. The van der Waals surface area contributed by atoms with Gasteiger partial charge in [-0.2, -0.15) is 13.2 Å². The summed E-state index contributed by atoms with van der Waals surface area (Å²) in [5, 5.41) is 2.74. The number of amides is 2. The van der Waals surface area contributed by atoms with E-state index in [1.165, 1.54) is 6.08 Å². The van der Waals surface area contributed by atoms with Crippen LogP contribution in [0.25, 0.3) is 6.08 Å². The molecule has 142 valence electrons. The van der Waals surface area contributed by atoms with E-state index in [1.807, 2.05) is 12.1 Å². The van der Waals surface area contributed by atoms with Gasteiger partial charge >= 0.3 is 12.1 Å². The zero-order chi connectivity index (χ0) is 19.2. The Morgan fingerprint density at radius 1 is 1.23 bits per heavy atom. The van der Waals surface area contributed by atoms with E-state index < -0.39 is 12.1 Å². The number of carbonyl (C=O) groups excluding carboxylic acids is 2. The van der Waals surface area contributed by atoms with Crippen molar-refractivity contribution >= 4 is 17.9 Å². The Morgan fingerprint density at radius 2 is 1.85 bits per heavy atom. The molecule has 1 aliphatic heterocycles. The van der Waals surface area contributed by atoms with E-state index >= 15 is 0 Å². The van der Waals surface area contributed by atoms with Crippen molar-refractivity contribution in [2.75, 3.05) is 26.7 Å². The van der Waals surface area contributed by atoms with Gasteiger partial charge in [0.05, 0.1) is 7.11 Å². The van der Waals surface area contributed by atoms with Gasteiger partial charge in [-0.25, -0.2) is 0 Å². The summed E-state index contributed by atoms with van der Waals surface area (Å²) in [4.78, 5) is 23.8. The Hall–Kier alpha value is -2.51. The third-order valence-electron chi connectivity index (χ3n) is 4.25. The normalized spacial score (nSPS) is 15.9. The summed E-state index contributed by atoms with van der Waals surface area (Å²) in [5.74, 6) is -1.27. The van der Waals surface area contributed by atoms with Crippen molar-refractivity contribution in [3.8, 4) is 5.75 Å². The quantitative estimate of drug-likeness (QED) is 0.811. The second-order valence-corrected chi connectivity index (χ2v) is 6.08. The van der Waals surface area contributed by atoms with Crippen LogP contribution in [-0.4, -0.2) is 49.6 Å². The molecule has 0 radical (unpaired) electrons. The van der Waals surface area contributed by atoms with Crippen molar-refractivity contribution in [3.05, 3.63) is 35.9 Å². The number of nitrogens with one attached hydrogen (secondary N) is 1. The third-order valence-corrected chi connectivity index (χ3v) is 4.25. The minimum atomic E-state index is -4.83. The third kappa shape index (κ3) is 5.79. The van der Waals surface area contributed by atoms with Gasteiger partial charge in [0.1, 0.15) is 5.75 Å². The molecule has 2 amide bonds. The van der Waals surface area contributed by atoms with Gasteiger partial charge in [0, 0.05) is 25.7 Å². The second-order valence-electron chi connectivity index (χ2n) is 6.08. The lowest BCUT2D eigenvalue weighted by Crippen LogP contribution is -2.46. The van der Waals surface area contributed by atoms with Crippen LogP contribution in [0.15, 0.2) is 30.3 Å². The minimum Gasteiger partial charge on any atom is -0.497 e. The van der Waals surface area contributed by atoms with E-state index in [0.717, 1.165) is 16.2 Å². The number of piperidine rings is 1. The van der Waals surface area contributed by atoms with Crippen molar-refractivity contribution in [1.82, 2.24) is 10.2 Å². The molecule has 0 unspecified atom stereocenters. The molecular formula is C18H21F3N2O3. The molecule has 2 rings (SSSR count). The van der Waals surface area contributed by atoms with Gasteiger partial charge < -0.3 is 15.0 Å². The number of hydrogen-bond acceptors (Lipinski definition) is 3. The smallest absolute Gasteiger partial charge is 0.471 e. The molecule has 0 saturated carbocycles. The fraction of sp³-hybridized carbons (Fsp3) is 0.444. The molecule has 8 heteroatoms. The molecule has 1 fully saturated rings. The second kappa shape index (κ2) is 8.73. The van der Waals surface area contributed by atoms with Crippen LogP contribution in [0.2, 0.25) is 0 Å². The van der Waals surface area contributed by atoms with Gasteiger partial charge in [-0.3, -0.25) is 9.59 Å². The monoisotopic (exact) mass is 370 g/mol. The fourth-order valence-corrected chi connectivity index (χ4v) is 2.71. The Kier molecular flexibility index (Phi) is 6.65. The highest BCUT2D eigenvalue weighted by molar-refractivity contribution is 5.91. The van der Waals surface area contributed by atoms with Gasteiger partial charge in [0.2, 0.25) is 5.91 Å². The zero-order valence-electron chi connectivity index (χ0n) is 14.4. The van der Waals surface area contributed by atoms with Crippen LogP contribution in [-0.2, 0) is 9.59 Å². The fourth-order valence-electron chi connectivity index (χ4n) is 2.71. The van der Waals surface area contributed by atoms with Crippen LogP contribution < -0.4 is 10.1 Å². The first kappa shape index (κ1) is 19.8. The first-order chi connectivity index (χ1) is 12.3. The molecule has 5 nitrogen and oxygen atoms in total. The minimum absolute atomic E-state index is 0.0561. The van der Waals surface area contributed by atoms with Crippen molar-refractivity contribution in [3.63, 3.8) is 0 Å².